The van der Waals surface area contributed by atoms with Gasteiger partial charge >= 0.3 is 0 Å². The summed E-state index contributed by atoms with van der Waals surface area (Å²) in [7, 11) is -3.94. The highest BCUT2D eigenvalue weighted by atomic mass is 35.5. The molecule has 0 bridgehead atoms. The lowest BCUT2D eigenvalue weighted by Crippen LogP contribution is -2.27. The maximum Gasteiger partial charge on any atom is 0.263 e. The Balaban J connectivity index is 1.64. The number of benzene rings is 2. The number of sulfonamides is 1. The molecular formula is C23H29ClN2O3S2. The summed E-state index contributed by atoms with van der Waals surface area (Å²) in [4.78, 5) is 12.4. The van der Waals surface area contributed by atoms with Crippen LogP contribution < -0.4 is 10.0 Å². The van der Waals surface area contributed by atoms with Crippen LogP contribution in [0.1, 0.15) is 53.6 Å². The second-order valence-corrected chi connectivity index (χ2v) is 11.4. The topological polar surface area (TPSA) is 75.3 Å². The van der Waals surface area contributed by atoms with Gasteiger partial charge in [-0.15, -0.1) is 0 Å². The molecule has 2 aromatic rings. The van der Waals surface area contributed by atoms with E-state index in [4.69, 9.17) is 11.6 Å². The smallest absolute Gasteiger partial charge is 0.263 e. The summed E-state index contributed by atoms with van der Waals surface area (Å²) in [6.45, 7) is 4.42. The molecule has 2 aromatic carbocycles. The zero-order valence-corrected chi connectivity index (χ0v) is 20.3. The number of amides is 1. The number of hydrogen-bond donors (Lipinski definition) is 2. The molecule has 2 N–H and O–H groups in total. The van der Waals surface area contributed by atoms with E-state index in [0.717, 1.165) is 16.9 Å². The van der Waals surface area contributed by atoms with E-state index in [1.807, 2.05) is 31.7 Å². The summed E-state index contributed by atoms with van der Waals surface area (Å²) in [5, 5.41) is 3.64. The van der Waals surface area contributed by atoms with Crippen LogP contribution in [0.2, 0.25) is 5.02 Å². The van der Waals surface area contributed by atoms with E-state index in [1.54, 1.807) is 18.2 Å². The van der Waals surface area contributed by atoms with Crippen molar-refractivity contribution in [1.29, 1.82) is 0 Å². The van der Waals surface area contributed by atoms with E-state index in [2.05, 4.69) is 10.0 Å². The fraction of sp³-hybridized carbons (Fsp3) is 0.435. The first-order chi connectivity index (χ1) is 14.8. The van der Waals surface area contributed by atoms with Crippen LogP contribution in [0.3, 0.4) is 0 Å². The molecule has 1 amide bonds. The number of carbonyl (C=O) groups excluding carboxylic acids is 1. The molecule has 1 aliphatic carbocycles. The Morgan fingerprint density at radius 1 is 1.06 bits per heavy atom. The molecule has 0 aliphatic heterocycles. The maximum atomic E-state index is 12.9. The highest BCUT2D eigenvalue weighted by Gasteiger charge is 2.21. The van der Waals surface area contributed by atoms with Gasteiger partial charge in [0, 0.05) is 28.8 Å². The molecule has 0 atom stereocenters. The molecule has 0 unspecified atom stereocenters. The number of thioether (sulfide) groups is 1. The lowest BCUT2D eigenvalue weighted by atomic mass is 10.0. The Kier molecular flexibility index (Phi) is 8.30. The fourth-order valence-electron chi connectivity index (χ4n) is 3.59. The van der Waals surface area contributed by atoms with Gasteiger partial charge in [0.1, 0.15) is 4.90 Å². The van der Waals surface area contributed by atoms with Crippen molar-refractivity contribution in [3.63, 3.8) is 0 Å². The molecule has 5 nitrogen and oxygen atoms in total. The standard InChI is InChI=1S/C23H29ClN2O3S2/c1-16-8-10-19(14-17(16)2)26-31(28,29)22-15-18(9-11-21(22)24)23(27)25-12-13-30-20-6-4-3-5-7-20/h8-11,14-15,20,26H,3-7,12-13H2,1-2H3,(H,25,27). The number of carbonyl (C=O) groups is 1. The highest BCUT2D eigenvalue weighted by Crippen LogP contribution is 2.28. The number of nitrogens with one attached hydrogen (secondary N) is 2. The Morgan fingerprint density at radius 3 is 2.52 bits per heavy atom. The number of aryl methyl sites for hydroxylation is 2. The molecule has 1 aliphatic rings. The zero-order chi connectivity index (χ0) is 22.4. The molecule has 0 radical (unpaired) electrons. The molecule has 1 fully saturated rings. The molecule has 31 heavy (non-hydrogen) atoms. The third-order valence-corrected chi connectivity index (χ3v) is 8.78. The minimum atomic E-state index is -3.94. The van der Waals surface area contributed by atoms with Crippen molar-refractivity contribution >= 4 is 45.0 Å². The van der Waals surface area contributed by atoms with Gasteiger partial charge < -0.3 is 5.32 Å². The van der Waals surface area contributed by atoms with Crippen LogP contribution in [0.25, 0.3) is 0 Å². The van der Waals surface area contributed by atoms with Crippen LogP contribution in [-0.4, -0.2) is 31.9 Å². The molecule has 1 saturated carbocycles. The molecule has 3 rings (SSSR count). The van der Waals surface area contributed by atoms with Crippen molar-refractivity contribution in [3.8, 4) is 0 Å². The second kappa shape index (κ2) is 10.7. The van der Waals surface area contributed by atoms with Gasteiger partial charge in [0.15, 0.2) is 0 Å². The van der Waals surface area contributed by atoms with E-state index in [9.17, 15) is 13.2 Å². The van der Waals surface area contributed by atoms with Crippen molar-refractivity contribution in [2.45, 2.75) is 56.1 Å². The quantitative estimate of drug-likeness (QED) is 0.485. The average molecular weight is 481 g/mol. The minimum Gasteiger partial charge on any atom is -0.351 e. The van der Waals surface area contributed by atoms with Gasteiger partial charge in [-0.25, -0.2) is 8.42 Å². The summed E-state index contributed by atoms with van der Waals surface area (Å²) in [5.74, 6) is 0.548. The van der Waals surface area contributed by atoms with Crippen LogP contribution in [0.5, 0.6) is 0 Å². The van der Waals surface area contributed by atoms with Crippen LogP contribution in [0, 0.1) is 13.8 Å². The van der Waals surface area contributed by atoms with Gasteiger partial charge in [0.25, 0.3) is 15.9 Å². The summed E-state index contributed by atoms with van der Waals surface area (Å²) in [5.41, 5.74) is 2.77. The third-order valence-electron chi connectivity index (χ3n) is 5.54. The molecule has 168 valence electrons. The average Bonchev–Trinajstić information content (AvgIpc) is 2.74. The van der Waals surface area contributed by atoms with Gasteiger partial charge in [-0.3, -0.25) is 9.52 Å². The Bertz CT molecular complexity index is 1040. The van der Waals surface area contributed by atoms with Crippen molar-refractivity contribution in [2.75, 3.05) is 17.0 Å². The van der Waals surface area contributed by atoms with Crippen molar-refractivity contribution in [1.82, 2.24) is 5.32 Å². The summed E-state index contributed by atoms with van der Waals surface area (Å²) in [6, 6.07) is 9.64. The van der Waals surface area contributed by atoms with Crippen LogP contribution >= 0.6 is 23.4 Å². The van der Waals surface area contributed by atoms with E-state index >= 15 is 0 Å². The Hall–Kier alpha value is -1.70. The van der Waals surface area contributed by atoms with Gasteiger partial charge in [-0.2, -0.15) is 11.8 Å². The van der Waals surface area contributed by atoms with Gasteiger partial charge in [0.05, 0.1) is 5.02 Å². The Labute approximate surface area is 194 Å². The van der Waals surface area contributed by atoms with Crippen molar-refractivity contribution in [3.05, 3.63) is 58.1 Å². The van der Waals surface area contributed by atoms with Crippen molar-refractivity contribution < 1.29 is 13.2 Å². The lowest BCUT2D eigenvalue weighted by molar-refractivity contribution is 0.0956. The van der Waals surface area contributed by atoms with Crippen LogP contribution in [0.15, 0.2) is 41.3 Å². The number of hydrogen-bond acceptors (Lipinski definition) is 4. The zero-order valence-electron chi connectivity index (χ0n) is 17.9. The van der Waals surface area contributed by atoms with Gasteiger partial charge in [0.2, 0.25) is 0 Å². The second-order valence-electron chi connectivity index (χ2n) is 7.94. The van der Waals surface area contributed by atoms with E-state index in [0.29, 0.717) is 17.5 Å². The molecule has 0 saturated heterocycles. The molecule has 8 heteroatoms. The number of halogens is 1. The summed E-state index contributed by atoms with van der Waals surface area (Å²) in [6.07, 6.45) is 6.42. The van der Waals surface area contributed by atoms with E-state index in [1.165, 1.54) is 44.2 Å². The van der Waals surface area contributed by atoms with Gasteiger partial charge in [-0.1, -0.05) is 36.9 Å². The van der Waals surface area contributed by atoms with Gasteiger partial charge in [-0.05, 0) is 68.1 Å². The van der Waals surface area contributed by atoms with E-state index in [-0.39, 0.29) is 21.4 Å². The first-order valence-corrected chi connectivity index (χ1v) is 13.5. The summed E-state index contributed by atoms with van der Waals surface area (Å²) >= 11 is 8.07. The number of anilines is 1. The predicted molar refractivity (Wildman–Crippen MR) is 130 cm³/mol. The first kappa shape index (κ1) is 24.0. The largest absolute Gasteiger partial charge is 0.351 e. The molecule has 0 spiro atoms. The SMILES string of the molecule is Cc1ccc(NS(=O)(=O)c2cc(C(=O)NCCSC3CCCCC3)ccc2Cl)cc1C. The normalized spacial score (nSPS) is 14.9. The lowest BCUT2D eigenvalue weighted by Gasteiger charge is -2.20. The molecular weight excluding hydrogens is 452 g/mol. The fourth-order valence-corrected chi connectivity index (χ4v) is 6.39. The number of rotatable bonds is 8. The summed E-state index contributed by atoms with van der Waals surface area (Å²) < 4.78 is 28.3. The molecule has 0 heterocycles. The van der Waals surface area contributed by atoms with Crippen LogP contribution in [-0.2, 0) is 10.0 Å². The first-order valence-electron chi connectivity index (χ1n) is 10.6. The molecule has 0 aromatic heterocycles. The van der Waals surface area contributed by atoms with Crippen LogP contribution in [0.4, 0.5) is 5.69 Å². The minimum absolute atomic E-state index is 0.0701. The monoisotopic (exact) mass is 480 g/mol. The highest BCUT2D eigenvalue weighted by molar-refractivity contribution is 7.99. The third kappa shape index (κ3) is 6.64. The predicted octanol–water partition coefficient (Wildman–Crippen LogP) is 5.55. The van der Waals surface area contributed by atoms with E-state index < -0.39 is 10.0 Å². The van der Waals surface area contributed by atoms with Crippen molar-refractivity contribution in [2.24, 2.45) is 0 Å². The Morgan fingerprint density at radius 2 is 1.81 bits per heavy atom. The maximum absolute atomic E-state index is 12.9.